The lowest BCUT2D eigenvalue weighted by molar-refractivity contribution is 0.102. The predicted octanol–water partition coefficient (Wildman–Crippen LogP) is 4.30. The molecule has 0 spiro atoms. The molecule has 0 bridgehead atoms. The van der Waals surface area contributed by atoms with Gasteiger partial charge in [0.15, 0.2) is 0 Å². The third-order valence-electron chi connectivity index (χ3n) is 3.26. The standard InChI is InChI=1S/C18H13F2N3OS/c19-13-8-14(20)10-15(9-13)23-17(24)16-2-1-5-22-18(16)25-11-12-3-6-21-7-4-12/h1-10H,11H2,(H,23,24). The number of carbonyl (C=O) groups is 1. The molecule has 7 heteroatoms. The summed E-state index contributed by atoms with van der Waals surface area (Å²) in [5.74, 6) is -1.37. The second kappa shape index (κ2) is 7.85. The van der Waals surface area contributed by atoms with E-state index in [-0.39, 0.29) is 5.69 Å². The number of rotatable bonds is 5. The Balaban J connectivity index is 1.76. The molecule has 25 heavy (non-hydrogen) atoms. The molecule has 1 amide bonds. The maximum absolute atomic E-state index is 13.3. The average Bonchev–Trinajstić information content (AvgIpc) is 2.60. The molecule has 0 saturated carbocycles. The monoisotopic (exact) mass is 357 g/mol. The van der Waals surface area contributed by atoms with Crippen LogP contribution in [-0.2, 0) is 5.75 Å². The van der Waals surface area contributed by atoms with Crippen LogP contribution in [0, 0.1) is 11.6 Å². The Kier molecular flexibility index (Phi) is 5.35. The first-order valence-corrected chi connectivity index (χ1v) is 8.34. The normalized spacial score (nSPS) is 10.5. The van der Waals surface area contributed by atoms with Gasteiger partial charge in [0.05, 0.1) is 5.56 Å². The fraction of sp³-hybridized carbons (Fsp3) is 0.0556. The summed E-state index contributed by atoms with van der Waals surface area (Å²) in [6, 6.07) is 9.87. The number of pyridine rings is 2. The van der Waals surface area contributed by atoms with Crippen molar-refractivity contribution in [2.45, 2.75) is 10.8 Å². The maximum atomic E-state index is 13.3. The minimum absolute atomic E-state index is 0.0523. The number of carbonyl (C=O) groups excluding carboxylic acids is 1. The molecule has 3 rings (SSSR count). The molecule has 1 aromatic carbocycles. The molecule has 0 aliphatic heterocycles. The molecular formula is C18H13F2N3OS. The molecule has 3 aromatic rings. The van der Waals surface area contributed by atoms with E-state index in [4.69, 9.17) is 0 Å². The number of thioether (sulfide) groups is 1. The van der Waals surface area contributed by atoms with Crippen LogP contribution in [0.2, 0.25) is 0 Å². The molecule has 0 unspecified atom stereocenters. The zero-order valence-electron chi connectivity index (χ0n) is 12.9. The summed E-state index contributed by atoms with van der Waals surface area (Å²) in [6.07, 6.45) is 4.98. The van der Waals surface area contributed by atoms with Gasteiger partial charge in [-0.3, -0.25) is 9.78 Å². The van der Waals surface area contributed by atoms with Crippen molar-refractivity contribution in [1.29, 1.82) is 0 Å². The second-order valence-electron chi connectivity index (χ2n) is 5.11. The van der Waals surface area contributed by atoms with Crippen molar-refractivity contribution >= 4 is 23.4 Å². The van der Waals surface area contributed by atoms with Gasteiger partial charge in [0.1, 0.15) is 16.7 Å². The lowest BCUT2D eigenvalue weighted by Crippen LogP contribution is -2.14. The SMILES string of the molecule is O=C(Nc1cc(F)cc(F)c1)c1cccnc1SCc1ccncc1. The Morgan fingerprint density at radius 2 is 1.76 bits per heavy atom. The lowest BCUT2D eigenvalue weighted by atomic mass is 10.2. The van der Waals surface area contributed by atoms with Crippen LogP contribution in [0.15, 0.2) is 66.1 Å². The highest BCUT2D eigenvalue weighted by Crippen LogP contribution is 2.25. The molecule has 2 aromatic heterocycles. The van der Waals surface area contributed by atoms with E-state index in [0.717, 1.165) is 23.8 Å². The van der Waals surface area contributed by atoms with Gasteiger partial charge in [-0.05, 0) is 42.0 Å². The van der Waals surface area contributed by atoms with Gasteiger partial charge in [0.2, 0.25) is 0 Å². The molecule has 126 valence electrons. The summed E-state index contributed by atoms with van der Waals surface area (Å²) in [6.45, 7) is 0. The Bertz CT molecular complexity index is 870. The third kappa shape index (κ3) is 4.60. The van der Waals surface area contributed by atoms with E-state index in [9.17, 15) is 13.6 Å². The zero-order valence-corrected chi connectivity index (χ0v) is 13.8. The second-order valence-corrected chi connectivity index (χ2v) is 6.08. The summed E-state index contributed by atoms with van der Waals surface area (Å²) in [5.41, 5.74) is 1.44. The van der Waals surface area contributed by atoms with Gasteiger partial charge >= 0.3 is 0 Å². The molecule has 2 heterocycles. The first-order valence-electron chi connectivity index (χ1n) is 7.36. The summed E-state index contributed by atoms with van der Waals surface area (Å²) in [7, 11) is 0. The zero-order chi connectivity index (χ0) is 17.6. The van der Waals surface area contributed by atoms with Crippen LogP contribution in [-0.4, -0.2) is 15.9 Å². The van der Waals surface area contributed by atoms with Gasteiger partial charge in [0.25, 0.3) is 5.91 Å². The van der Waals surface area contributed by atoms with Gasteiger partial charge in [-0.1, -0.05) is 0 Å². The van der Waals surface area contributed by atoms with Crippen molar-refractivity contribution in [3.8, 4) is 0 Å². The van der Waals surface area contributed by atoms with Crippen LogP contribution in [0.5, 0.6) is 0 Å². The van der Waals surface area contributed by atoms with Crippen LogP contribution in [0.1, 0.15) is 15.9 Å². The summed E-state index contributed by atoms with van der Waals surface area (Å²) >= 11 is 1.40. The Hall–Kier alpha value is -2.80. The number of halogens is 2. The van der Waals surface area contributed by atoms with Gasteiger partial charge in [-0.2, -0.15) is 0 Å². The maximum Gasteiger partial charge on any atom is 0.258 e. The first kappa shape index (κ1) is 17.0. The Labute approximate surface area is 147 Å². The minimum atomic E-state index is -0.756. The number of amides is 1. The van der Waals surface area contributed by atoms with E-state index in [0.29, 0.717) is 16.3 Å². The number of hydrogen-bond donors (Lipinski definition) is 1. The molecule has 0 fully saturated rings. The predicted molar refractivity (Wildman–Crippen MR) is 92.3 cm³/mol. The number of anilines is 1. The van der Waals surface area contributed by atoms with E-state index in [1.807, 2.05) is 12.1 Å². The van der Waals surface area contributed by atoms with Crippen molar-refractivity contribution in [3.63, 3.8) is 0 Å². The highest BCUT2D eigenvalue weighted by Gasteiger charge is 2.14. The van der Waals surface area contributed by atoms with E-state index in [2.05, 4.69) is 15.3 Å². The van der Waals surface area contributed by atoms with Gasteiger partial charge < -0.3 is 5.32 Å². The number of nitrogens with zero attached hydrogens (tertiary/aromatic N) is 2. The van der Waals surface area contributed by atoms with Crippen LogP contribution in [0.4, 0.5) is 14.5 Å². The fourth-order valence-corrected chi connectivity index (χ4v) is 3.08. The van der Waals surface area contributed by atoms with Gasteiger partial charge in [-0.25, -0.2) is 13.8 Å². The van der Waals surface area contributed by atoms with Crippen molar-refractivity contribution in [2.75, 3.05) is 5.32 Å². The minimum Gasteiger partial charge on any atom is -0.322 e. The average molecular weight is 357 g/mol. The summed E-state index contributed by atoms with van der Waals surface area (Å²) in [4.78, 5) is 20.6. The molecule has 0 aliphatic carbocycles. The Morgan fingerprint density at radius 3 is 2.48 bits per heavy atom. The van der Waals surface area contributed by atoms with E-state index in [1.54, 1.807) is 30.7 Å². The number of aromatic nitrogens is 2. The number of benzene rings is 1. The first-order chi connectivity index (χ1) is 12.1. The molecule has 0 atom stereocenters. The Morgan fingerprint density at radius 1 is 1.04 bits per heavy atom. The third-order valence-corrected chi connectivity index (χ3v) is 4.34. The van der Waals surface area contributed by atoms with Crippen molar-refractivity contribution in [2.24, 2.45) is 0 Å². The van der Waals surface area contributed by atoms with Crippen molar-refractivity contribution < 1.29 is 13.6 Å². The molecule has 1 N–H and O–H groups in total. The summed E-state index contributed by atoms with van der Waals surface area (Å²) in [5, 5.41) is 3.03. The molecule has 0 aliphatic rings. The lowest BCUT2D eigenvalue weighted by Gasteiger charge is -2.09. The van der Waals surface area contributed by atoms with Crippen LogP contribution in [0.25, 0.3) is 0 Å². The highest BCUT2D eigenvalue weighted by molar-refractivity contribution is 7.98. The molecule has 0 radical (unpaired) electrons. The van der Waals surface area contributed by atoms with Crippen LogP contribution in [0.3, 0.4) is 0 Å². The van der Waals surface area contributed by atoms with E-state index in [1.165, 1.54) is 11.8 Å². The number of hydrogen-bond acceptors (Lipinski definition) is 4. The van der Waals surface area contributed by atoms with Crippen molar-refractivity contribution in [3.05, 3.63) is 83.8 Å². The van der Waals surface area contributed by atoms with Crippen molar-refractivity contribution in [1.82, 2.24) is 9.97 Å². The quantitative estimate of drug-likeness (QED) is 0.692. The summed E-state index contributed by atoms with van der Waals surface area (Å²) < 4.78 is 26.5. The highest BCUT2D eigenvalue weighted by atomic mass is 32.2. The van der Waals surface area contributed by atoms with Crippen LogP contribution < -0.4 is 5.32 Å². The van der Waals surface area contributed by atoms with E-state index < -0.39 is 17.5 Å². The largest absolute Gasteiger partial charge is 0.322 e. The van der Waals surface area contributed by atoms with E-state index >= 15 is 0 Å². The van der Waals surface area contributed by atoms with Gasteiger partial charge in [0, 0.05) is 36.1 Å². The topological polar surface area (TPSA) is 54.9 Å². The molecule has 4 nitrogen and oxygen atoms in total. The smallest absolute Gasteiger partial charge is 0.258 e. The molecule has 0 saturated heterocycles. The molecular weight excluding hydrogens is 344 g/mol. The number of nitrogens with one attached hydrogen (secondary N) is 1. The van der Waals surface area contributed by atoms with Crippen LogP contribution >= 0.6 is 11.8 Å². The fourth-order valence-electron chi connectivity index (χ4n) is 2.13. The van der Waals surface area contributed by atoms with Gasteiger partial charge in [-0.15, -0.1) is 11.8 Å².